The number of nitrogens with one attached hydrogen (secondary N) is 1. The molecule has 1 fully saturated rings. The lowest BCUT2D eigenvalue weighted by atomic mass is 10.3. The van der Waals surface area contributed by atoms with Crippen molar-refractivity contribution in [1.82, 2.24) is 15.0 Å². The van der Waals surface area contributed by atoms with Crippen LogP contribution >= 0.6 is 11.3 Å². The Kier molecular flexibility index (Phi) is 4.82. The number of anilines is 3. The number of carbonyl (C=O) groups excluding carboxylic acids is 1. The predicted octanol–water partition coefficient (Wildman–Crippen LogP) is 4.01. The lowest BCUT2D eigenvalue weighted by Crippen LogP contribution is -2.30. The number of cyclic esters (lactones) is 1. The van der Waals surface area contributed by atoms with Gasteiger partial charge in [0.05, 0.1) is 29.4 Å². The molecule has 144 valence electrons. The number of rotatable bonds is 5. The Labute approximate surface area is 166 Å². The predicted molar refractivity (Wildman–Crippen MR) is 107 cm³/mol. The van der Waals surface area contributed by atoms with Crippen LogP contribution < -0.4 is 15.0 Å². The molecule has 3 aromatic rings. The number of hydrogen-bond donors (Lipinski definition) is 1. The monoisotopic (exact) mass is 397 g/mol. The zero-order valence-corrected chi connectivity index (χ0v) is 16.5. The van der Waals surface area contributed by atoms with Gasteiger partial charge in [0.1, 0.15) is 12.4 Å². The van der Waals surface area contributed by atoms with E-state index < -0.39 is 0 Å². The normalized spacial score (nSPS) is 16.2. The van der Waals surface area contributed by atoms with Crippen LogP contribution in [0.4, 0.5) is 21.6 Å². The molecule has 1 N–H and O–H groups in total. The van der Waals surface area contributed by atoms with Gasteiger partial charge in [-0.05, 0) is 32.0 Å². The highest BCUT2D eigenvalue weighted by Crippen LogP contribution is 2.36. The molecule has 0 spiro atoms. The summed E-state index contributed by atoms with van der Waals surface area (Å²) in [6.07, 6.45) is 1.33. The Balaban J connectivity index is 1.62. The van der Waals surface area contributed by atoms with E-state index in [2.05, 4.69) is 20.3 Å². The quantitative estimate of drug-likeness (QED) is 0.696. The summed E-state index contributed by atoms with van der Waals surface area (Å²) in [4.78, 5) is 27.9. The summed E-state index contributed by atoms with van der Waals surface area (Å²) >= 11 is 1.41. The summed E-state index contributed by atoms with van der Waals surface area (Å²) in [6.45, 7) is 4.20. The zero-order chi connectivity index (χ0) is 19.7. The van der Waals surface area contributed by atoms with Crippen LogP contribution in [0.1, 0.15) is 12.6 Å². The minimum Gasteiger partial charge on any atom is -0.497 e. The Hall–Kier alpha value is -3.20. The van der Waals surface area contributed by atoms with E-state index in [1.807, 2.05) is 44.2 Å². The van der Waals surface area contributed by atoms with Gasteiger partial charge in [0, 0.05) is 18.0 Å². The summed E-state index contributed by atoms with van der Waals surface area (Å²) in [5, 5.41) is 3.80. The van der Waals surface area contributed by atoms with Gasteiger partial charge >= 0.3 is 6.09 Å². The Morgan fingerprint density at radius 1 is 1.32 bits per heavy atom. The van der Waals surface area contributed by atoms with E-state index in [4.69, 9.17) is 9.47 Å². The molecule has 3 heterocycles. The first-order valence-corrected chi connectivity index (χ1v) is 9.54. The molecule has 28 heavy (non-hydrogen) atoms. The van der Waals surface area contributed by atoms with Crippen LogP contribution in [0.25, 0.3) is 10.6 Å². The summed E-state index contributed by atoms with van der Waals surface area (Å²) in [5.41, 5.74) is 2.37. The van der Waals surface area contributed by atoms with Crippen LogP contribution in [0.3, 0.4) is 0 Å². The van der Waals surface area contributed by atoms with Crippen LogP contribution in [0, 0.1) is 6.92 Å². The van der Waals surface area contributed by atoms with Gasteiger partial charge in [0.15, 0.2) is 5.13 Å². The van der Waals surface area contributed by atoms with Gasteiger partial charge in [-0.25, -0.2) is 24.6 Å². The number of nitrogens with zero attached hydrogens (tertiary/aromatic N) is 4. The molecule has 0 aliphatic carbocycles. The molecule has 1 aliphatic heterocycles. The van der Waals surface area contributed by atoms with Crippen molar-refractivity contribution >= 4 is 34.2 Å². The lowest BCUT2D eigenvalue weighted by molar-refractivity contribution is 0.179. The fourth-order valence-electron chi connectivity index (χ4n) is 2.88. The first-order valence-electron chi connectivity index (χ1n) is 8.73. The van der Waals surface area contributed by atoms with Crippen molar-refractivity contribution in [3.63, 3.8) is 0 Å². The van der Waals surface area contributed by atoms with Gasteiger partial charge in [0.25, 0.3) is 0 Å². The second-order valence-corrected chi connectivity index (χ2v) is 7.31. The van der Waals surface area contributed by atoms with Gasteiger partial charge in [-0.3, -0.25) is 0 Å². The van der Waals surface area contributed by atoms with Crippen molar-refractivity contribution in [1.29, 1.82) is 0 Å². The molecule has 1 atom stereocenters. The molecule has 8 nitrogen and oxygen atoms in total. The molecule has 1 amide bonds. The van der Waals surface area contributed by atoms with E-state index in [9.17, 15) is 4.79 Å². The molecule has 1 aliphatic rings. The van der Waals surface area contributed by atoms with Gasteiger partial charge in [0.2, 0.25) is 5.95 Å². The third kappa shape index (κ3) is 3.48. The summed E-state index contributed by atoms with van der Waals surface area (Å²) in [5.74, 6) is 1.21. The summed E-state index contributed by atoms with van der Waals surface area (Å²) in [7, 11) is 1.62. The average molecular weight is 397 g/mol. The maximum atomic E-state index is 12.0. The third-order valence-electron chi connectivity index (χ3n) is 4.29. The molecular formula is C19H19N5O3S. The Bertz CT molecular complexity index is 1020. The van der Waals surface area contributed by atoms with Crippen LogP contribution in [0.15, 0.2) is 36.5 Å². The van der Waals surface area contributed by atoms with Crippen LogP contribution in [0.5, 0.6) is 5.75 Å². The maximum Gasteiger partial charge on any atom is 0.416 e. The molecule has 0 bridgehead atoms. The number of ether oxygens (including phenoxy) is 2. The van der Waals surface area contributed by atoms with E-state index in [1.165, 1.54) is 11.3 Å². The highest BCUT2D eigenvalue weighted by atomic mass is 32.1. The number of aryl methyl sites for hydroxylation is 1. The molecule has 9 heteroatoms. The zero-order valence-electron chi connectivity index (χ0n) is 15.7. The average Bonchev–Trinajstić information content (AvgIpc) is 3.23. The molecule has 1 aromatic carbocycles. The second kappa shape index (κ2) is 7.43. The highest BCUT2D eigenvalue weighted by molar-refractivity contribution is 7.19. The fraction of sp³-hybridized carbons (Fsp3) is 0.263. The third-order valence-corrected chi connectivity index (χ3v) is 5.47. The number of carbonyl (C=O) groups is 1. The number of amides is 1. The minimum absolute atomic E-state index is 0.0402. The van der Waals surface area contributed by atoms with Gasteiger partial charge in [-0.1, -0.05) is 17.4 Å². The van der Waals surface area contributed by atoms with Gasteiger partial charge in [-0.2, -0.15) is 0 Å². The largest absolute Gasteiger partial charge is 0.497 e. The van der Waals surface area contributed by atoms with Crippen molar-refractivity contribution in [3.8, 4) is 16.3 Å². The number of aromatic nitrogens is 3. The van der Waals surface area contributed by atoms with E-state index >= 15 is 0 Å². The maximum absolute atomic E-state index is 12.0. The fourth-order valence-corrected chi connectivity index (χ4v) is 4.01. The second-order valence-electron chi connectivity index (χ2n) is 6.33. The minimum atomic E-state index is -0.365. The van der Waals surface area contributed by atoms with Crippen molar-refractivity contribution in [3.05, 3.63) is 42.2 Å². The van der Waals surface area contributed by atoms with E-state index in [-0.39, 0.29) is 12.1 Å². The molecule has 0 radical (unpaired) electrons. The number of benzene rings is 1. The first-order chi connectivity index (χ1) is 13.5. The van der Waals surface area contributed by atoms with E-state index in [0.29, 0.717) is 17.7 Å². The first kappa shape index (κ1) is 18.2. The van der Waals surface area contributed by atoms with Crippen molar-refractivity contribution < 1.29 is 14.3 Å². The number of hydrogen-bond acceptors (Lipinski definition) is 8. The van der Waals surface area contributed by atoms with Crippen LogP contribution in [0.2, 0.25) is 0 Å². The van der Waals surface area contributed by atoms with Crippen molar-refractivity contribution in [2.24, 2.45) is 0 Å². The van der Waals surface area contributed by atoms with Crippen molar-refractivity contribution in [2.75, 3.05) is 23.9 Å². The van der Waals surface area contributed by atoms with Crippen molar-refractivity contribution in [2.45, 2.75) is 19.9 Å². The molecular weight excluding hydrogens is 378 g/mol. The van der Waals surface area contributed by atoms with Crippen LogP contribution in [-0.2, 0) is 4.74 Å². The number of methoxy groups -OCH3 is 1. The highest BCUT2D eigenvalue weighted by Gasteiger charge is 2.33. The van der Waals surface area contributed by atoms with Gasteiger partial charge < -0.3 is 14.8 Å². The molecule has 1 unspecified atom stereocenters. The smallest absolute Gasteiger partial charge is 0.416 e. The summed E-state index contributed by atoms with van der Waals surface area (Å²) < 4.78 is 10.3. The van der Waals surface area contributed by atoms with Gasteiger partial charge in [-0.15, -0.1) is 0 Å². The molecule has 2 aromatic heterocycles. The Morgan fingerprint density at radius 3 is 2.93 bits per heavy atom. The van der Waals surface area contributed by atoms with Crippen LogP contribution in [-0.4, -0.2) is 40.8 Å². The lowest BCUT2D eigenvalue weighted by Gasteiger charge is -2.13. The molecule has 4 rings (SSSR count). The molecule has 0 saturated carbocycles. The summed E-state index contributed by atoms with van der Waals surface area (Å²) in [6, 6.07) is 9.33. The SMILES string of the molecule is COc1cccc(Nc2nccc(-c3sc(N4C(=O)OCC4C)nc3C)n2)c1. The van der Waals surface area contributed by atoms with E-state index in [0.717, 1.165) is 27.7 Å². The molecule has 1 saturated heterocycles. The number of thiazole rings is 1. The topological polar surface area (TPSA) is 89.5 Å². The standard InChI is InChI=1S/C19H19N5O3S/c1-11-10-27-19(25)24(11)18-21-12(2)16(28-18)15-7-8-20-17(23-15)22-13-5-4-6-14(9-13)26-3/h4-9,11H,10H2,1-3H3,(H,20,22,23). The Morgan fingerprint density at radius 2 is 2.18 bits per heavy atom. The van der Waals surface area contributed by atoms with E-state index in [1.54, 1.807) is 18.2 Å².